The van der Waals surface area contributed by atoms with E-state index in [1.807, 2.05) is 11.9 Å². The molecule has 0 unspecified atom stereocenters. The minimum atomic E-state index is 0.601. The summed E-state index contributed by atoms with van der Waals surface area (Å²) in [5.41, 5.74) is 3.74. The smallest absolute Gasteiger partial charge is 0.0603 e. The Labute approximate surface area is 173 Å². The van der Waals surface area contributed by atoms with Crippen LogP contribution in [-0.2, 0) is 11.3 Å². The Hall–Kier alpha value is -1.69. The zero-order valence-electron chi connectivity index (χ0n) is 16.5. The standard InChI is InChI=1S/C23H31N3OS/c1-3-7-19(8-4-1)18-24-23-17-21(28-26-13-15-27-16-14-26)11-12-22(23)25-20-9-5-2-6-10-20/h1,3-4,7-8,11-12,17,20,24-25H,2,5-6,9-10,13-16,18H2. The number of rotatable bonds is 7. The van der Waals surface area contributed by atoms with Crippen LogP contribution in [0.2, 0.25) is 0 Å². The van der Waals surface area contributed by atoms with Crippen molar-refractivity contribution in [2.24, 2.45) is 0 Å². The molecule has 1 aliphatic heterocycles. The molecule has 2 aromatic rings. The van der Waals surface area contributed by atoms with Gasteiger partial charge in [-0.25, -0.2) is 4.31 Å². The van der Waals surface area contributed by atoms with Gasteiger partial charge >= 0.3 is 0 Å². The summed E-state index contributed by atoms with van der Waals surface area (Å²) in [5, 5.41) is 7.49. The lowest BCUT2D eigenvalue weighted by atomic mass is 9.95. The molecule has 1 aliphatic carbocycles. The maximum Gasteiger partial charge on any atom is 0.0603 e. The number of hydrogen-bond donors (Lipinski definition) is 2. The molecule has 2 aliphatic rings. The third-order valence-electron chi connectivity index (χ3n) is 5.49. The van der Waals surface area contributed by atoms with Crippen molar-refractivity contribution in [1.82, 2.24) is 4.31 Å². The van der Waals surface area contributed by atoms with Crippen molar-refractivity contribution in [2.45, 2.75) is 49.6 Å². The molecular formula is C23H31N3OS. The fourth-order valence-corrected chi connectivity index (χ4v) is 4.83. The van der Waals surface area contributed by atoms with Crippen LogP contribution < -0.4 is 10.6 Å². The quantitative estimate of drug-likeness (QED) is 0.613. The maximum atomic E-state index is 5.48. The van der Waals surface area contributed by atoms with Gasteiger partial charge in [0.25, 0.3) is 0 Å². The van der Waals surface area contributed by atoms with Gasteiger partial charge in [0.1, 0.15) is 0 Å². The van der Waals surface area contributed by atoms with Crippen molar-refractivity contribution in [3.63, 3.8) is 0 Å². The zero-order chi connectivity index (χ0) is 19.0. The normalized spacial score (nSPS) is 18.7. The second kappa shape index (κ2) is 10.2. The monoisotopic (exact) mass is 397 g/mol. The first-order valence-electron chi connectivity index (χ1n) is 10.6. The number of ether oxygens (including phenoxy) is 1. The SMILES string of the molecule is c1ccc(CNc2cc(SN3CCOCC3)ccc2NC2CCCCC2)cc1. The van der Waals surface area contributed by atoms with Gasteiger partial charge in [-0.3, -0.25) is 0 Å². The largest absolute Gasteiger partial charge is 0.381 e. The maximum absolute atomic E-state index is 5.48. The summed E-state index contributed by atoms with van der Waals surface area (Å²) in [6.45, 7) is 4.46. The summed E-state index contributed by atoms with van der Waals surface area (Å²) in [7, 11) is 0. The molecule has 1 saturated heterocycles. The van der Waals surface area contributed by atoms with E-state index in [1.165, 1.54) is 53.9 Å². The van der Waals surface area contributed by atoms with Gasteiger partial charge in [0.2, 0.25) is 0 Å². The molecule has 2 fully saturated rings. The summed E-state index contributed by atoms with van der Waals surface area (Å²) >= 11 is 1.84. The van der Waals surface area contributed by atoms with E-state index < -0.39 is 0 Å². The molecular weight excluding hydrogens is 366 g/mol. The summed E-state index contributed by atoms with van der Waals surface area (Å²) in [5.74, 6) is 0. The van der Waals surface area contributed by atoms with Crippen molar-refractivity contribution < 1.29 is 4.74 Å². The van der Waals surface area contributed by atoms with Gasteiger partial charge in [-0.15, -0.1) is 0 Å². The molecule has 0 spiro atoms. The highest BCUT2D eigenvalue weighted by molar-refractivity contribution is 7.97. The van der Waals surface area contributed by atoms with E-state index in [0.29, 0.717) is 6.04 Å². The molecule has 0 aromatic heterocycles. The Morgan fingerprint density at radius 2 is 1.71 bits per heavy atom. The highest BCUT2D eigenvalue weighted by Gasteiger charge is 2.16. The number of morpholine rings is 1. The van der Waals surface area contributed by atoms with Crippen LogP contribution in [0.5, 0.6) is 0 Å². The minimum Gasteiger partial charge on any atom is -0.381 e. The number of benzene rings is 2. The molecule has 1 saturated carbocycles. The Balaban J connectivity index is 1.47. The molecule has 0 radical (unpaired) electrons. The van der Waals surface area contributed by atoms with Crippen LogP contribution in [0.1, 0.15) is 37.7 Å². The van der Waals surface area contributed by atoms with E-state index in [2.05, 4.69) is 63.5 Å². The molecule has 5 heteroatoms. The molecule has 4 rings (SSSR count). The van der Waals surface area contributed by atoms with E-state index >= 15 is 0 Å². The molecule has 4 nitrogen and oxygen atoms in total. The topological polar surface area (TPSA) is 36.5 Å². The predicted molar refractivity (Wildman–Crippen MR) is 119 cm³/mol. The first-order valence-corrected chi connectivity index (χ1v) is 11.3. The van der Waals surface area contributed by atoms with Gasteiger partial charge in [-0.05, 0) is 48.6 Å². The predicted octanol–water partition coefficient (Wildman–Crippen LogP) is 5.38. The van der Waals surface area contributed by atoms with Gasteiger partial charge in [0.15, 0.2) is 0 Å². The van der Waals surface area contributed by atoms with Crippen molar-refractivity contribution in [2.75, 3.05) is 36.9 Å². The fourth-order valence-electron chi connectivity index (χ4n) is 3.90. The second-order valence-corrected chi connectivity index (χ2v) is 8.83. The summed E-state index contributed by atoms with van der Waals surface area (Å²) in [6, 6.07) is 18.0. The van der Waals surface area contributed by atoms with Gasteiger partial charge in [0.05, 0.1) is 24.6 Å². The Bertz CT molecular complexity index is 728. The van der Waals surface area contributed by atoms with Crippen LogP contribution in [0.4, 0.5) is 11.4 Å². The lowest BCUT2D eigenvalue weighted by Gasteiger charge is -2.27. The van der Waals surface area contributed by atoms with Crippen molar-refractivity contribution in [3.05, 3.63) is 54.1 Å². The van der Waals surface area contributed by atoms with Gasteiger partial charge in [0, 0.05) is 30.6 Å². The third kappa shape index (κ3) is 5.66. The van der Waals surface area contributed by atoms with E-state index in [0.717, 1.165) is 32.8 Å². The molecule has 0 amide bonds. The Morgan fingerprint density at radius 3 is 2.50 bits per heavy atom. The lowest BCUT2D eigenvalue weighted by molar-refractivity contribution is 0.0773. The van der Waals surface area contributed by atoms with Gasteiger partial charge in [-0.1, -0.05) is 49.6 Å². The average Bonchev–Trinajstić information content (AvgIpc) is 2.76. The molecule has 2 N–H and O–H groups in total. The zero-order valence-corrected chi connectivity index (χ0v) is 17.3. The summed E-state index contributed by atoms with van der Waals surface area (Å²) in [4.78, 5) is 1.28. The van der Waals surface area contributed by atoms with E-state index in [9.17, 15) is 0 Å². The van der Waals surface area contributed by atoms with Crippen LogP contribution in [0.3, 0.4) is 0 Å². The van der Waals surface area contributed by atoms with Crippen LogP contribution in [0.25, 0.3) is 0 Å². The number of hydrogen-bond acceptors (Lipinski definition) is 5. The van der Waals surface area contributed by atoms with Crippen molar-refractivity contribution >= 4 is 23.3 Å². The van der Waals surface area contributed by atoms with Crippen LogP contribution in [-0.4, -0.2) is 36.7 Å². The van der Waals surface area contributed by atoms with E-state index in [1.54, 1.807) is 0 Å². The van der Waals surface area contributed by atoms with Gasteiger partial charge < -0.3 is 15.4 Å². The molecule has 0 bridgehead atoms. The summed E-state index contributed by atoms with van der Waals surface area (Å²) in [6.07, 6.45) is 6.63. The lowest BCUT2D eigenvalue weighted by Crippen LogP contribution is -2.30. The van der Waals surface area contributed by atoms with Crippen molar-refractivity contribution in [3.8, 4) is 0 Å². The molecule has 150 valence electrons. The Morgan fingerprint density at radius 1 is 0.929 bits per heavy atom. The van der Waals surface area contributed by atoms with Crippen LogP contribution in [0.15, 0.2) is 53.4 Å². The minimum absolute atomic E-state index is 0.601. The Kier molecular flexibility index (Phi) is 7.14. The van der Waals surface area contributed by atoms with E-state index in [-0.39, 0.29) is 0 Å². The highest BCUT2D eigenvalue weighted by Crippen LogP contribution is 2.33. The average molecular weight is 398 g/mol. The first kappa shape index (κ1) is 19.6. The molecule has 2 aromatic carbocycles. The number of nitrogens with zero attached hydrogens (tertiary/aromatic N) is 1. The van der Waals surface area contributed by atoms with Crippen molar-refractivity contribution in [1.29, 1.82) is 0 Å². The molecule has 1 heterocycles. The number of nitrogens with one attached hydrogen (secondary N) is 2. The van der Waals surface area contributed by atoms with Crippen LogP contribution >= 0.6 is 11.9 Å². The second-order valence-electron chi connectivity index (χ2n) is 7.66. The summed E-state index contributed by atoms with van der Waals surface area (Å²) < 4.78 is 7.87. The molecule has 28 heavy (non-hydrogen) atoms. The third-order valence-corrected chi connectivity index (χ3v) is 6.57. The highest BCUT2D eigenvalue weighted by atomic mass is 32.2. The number of anilines is 2. The van der Waals surface area contributed by atoms with Gasteiger partial charge in [-0.2, -0.15) is 0 Å². The van der Waals surface area contributed by atoms with Crippen LogP contribution in [0, 0.1) is 0 Å². The fraction of sp³-hybridized carbons (Fsp3) is 0.478. The molecule has 0 atom stereocenters. The van der Waals surface area contributed by atoms with E-state index in [4.69, 9.17) is 4.74 Å². The first-order chi connectivity index (χ1) is 13.9.